The van der Waals surface area contributed by atoms with Crippen molar-refractivity contribution in [3.05, 3.63) is 64.0 Å². The number of nitrogens with zero attached hydrogens (tertiary/aromatic N) is 1. The summed E-state index contributed by atoms with van der Waals surface area (Å²) in [7, 11) is -3.93. The maximum absolute atomic E-state index is 12.6. The third kappa shape index (κ3) is 4.01. The first kappa shape index (κ1) is 19.1. The van der Waals surface area contributed by atoms with Crippen molar-refractivity contribution in [3.63, 3.8) is 0 Å². The Morgan fingerprint density at radius 1 is 1.11 bits per heavy atom. The first-order valence-electron chi connectivity index (χ1n) is 8.07. The Morgan fingerprint density at radius 2 is 1.78 bits per heavy atom. The molecule has 3 rings (SSSR count). The molecule has 0 aliphatic heterocycles. The van der Waals surface area contributed by atoms with Gasteiger partial charge in [0.15, 0.2) is 5.13 Å². The van der Waals surface area contributed by atoms with Gasteiger partial charge >= 0.3 is 5.97 Å². The van der Waals surface area contributed by atoms with Crippen molar-refractivity contribution in [2.45, 2.75) is 25.7 Å². The SMILES string of the molecule is Cc1cc(C)c(-c2csc(NS(=O)(=O)c3cccc(C(=O)O)c3)n2)c(C)c1. The number of aryl methyl sites for hydroxylation is 3. The summed E-state index contributed by atoms with van der Waals surface area (Å²) < 4.78 is 27.6. The number of anilines is 1. The molecule has 0 saturated heterocycles. The van der Waals surface area contributed by atoms with Crippen molar-refractivity contribution in [3.8, 4) is 11.3 Å². The molecule has 8 heteroatoms. The van der Waals surface area contributed by atoms with E-state index in [4.69, 9.17) is 5.11 Å². The van der Waals surface area contributed by atoms with Crippen molar-refractivity contribution in [2.24, 2.45) is 0 Å². The van der Waals surface area contributed by atoms with Gasteiger partial charge in [0, 0.05) is 10.9 Å². The zero-order valence-corrected chi connectivity index (χ0v) is 16.6. The summed E-state index contributed by atoms with van der Waals surface area (Å²) in [5.74, 6) is -1.19. The second-order valence-electron chi connectivity index (χ2n) is 6.25. The van der Waals surface area contributed by atoms with Gasteiger partial charge < -0.3 is 5.11 Å². The average Bonchev–Trinajstić information content (AvgIpc) is 3.01. The van der Waals surface area contributed by atoms with Crippen LogP contribution in [0.2, 0.25) is 0 Å². The molecule has 0 radical (unpaired) electrons. The third-order valence-corrected chi connectivity index (χ3v) is 6.27. The molecule has 0 atom stereocenters. The first-order chi connectivity index (χ1) is 12.7. The minimum atomic E-state index is -3.93. The molecule has 1 aromatic heterocycles. The van der Waals surface area contributed by atoms with Gasteiger partial charge in [-0.05, 0) is 50.1 Å². The molecule has 0 spiro atoms. The number of nitrogens with one attached hydrogen (secondary N) is 1. The number of sulfonamides is 1. The Bertz CT molecular complexity index is 1110. The maximum Gasteiger partial charge on any atom is 0.335 e. The first-order valence-corrected chi connectivity index (χ1v) is 10.4. The summed E-state index contributed by atoms with van der Waals surface area (Å²) >= 11 is 1.18. The molecule has 0 fully saturated rings. The molecule has 2 aromatic carbocycles. The highest BCUT2D eigenvalue weighted by atomic mass is 32.2. The van der Waals surface area contributed by atoms with Crippen LogP contribution in [-0.4, -0.2) is 24.5 Å². The van der Waals surface area contributed by atoms with E-state index in [0.29, 0.717) is 5.69 Å². The van der Waals surface area contributed by atoms with Crippen molar-refractivity contribution < 1.29 is 18.3 Å². The predicted molar refractivity (Wildman–Crippen MR) is 106 cm³/mol. The topological polar surface area (TPSA) is 96.4 Å². The lowest BCUT2D eigenvalue weighted by Crippen LogP contribution is -2.13. The van der Waals surface area contributed by atoms with Gasteiger partial charge in [0.05, 0.1) is 16.2 Å². The molecular weight excluding hydrogens is 384 g/mol. The summed E-state index contributed by atoms with van der Waals surface area (Å²) in [5.41, 5.74) is 4.89. The quantitative estimate of drug-likeness (QED) is 0.666. The van der Waals surface area contributed by atoms with E-state index in [1.807, 2.05) is 20.8 Å². The highest BCUT2D eigenvalue weighted by Gasteiger charge is 2.19. The van der Waals surface area contributed by atoms with E-state index in [1.165, 1.54) is 29.5 Å². The lowest BCUT2D eigenvalue weighted by molar-refractivity contribution is 0.0696. The Hall–Kier alpha value is -2.71. The second-order valence-corrected chi connectivity index (χ2v) is 8.79. The zero-order valence-electron chi connectivity index (χ0n) is 15.0. The number of benzene rings is 2. The Balaban J connectivity index is 1.92. The molecular formula is C19H18N2O4S2. The summed E-state index contributed by atoms with van der Waals surface area (Å²) in [5, 5.41) is 11.1. The van der Waals surface area contributed by atoms with Gasteiger partial charge in [-0.15, -0.1) is 11.3 Å². The number of aromatic carboxylic acids is 1. The molecule has 0 saturated carbocycles. The summed E-state index contributed by atoms with van der Waals surface area (Å²) in [6.45, 7) is 6.02. The van der Waals surface area contributed by atoms with Crippen molar-refractivity contribution in [1.82, 2.24) is 4.98 Å². The fourth-order valence-corrected chi connectivity index (χ4v) is 4.99. The zero-order chi connectivity index (χ0) is 19.8. The third-order valence-electron chi connectivity index (χ3n) is 4.05. The number of carboxylic acid groups (broad SMARTS) is 1. The highest BCUT2D eigenvalue weighted by molar-refractivity contribution is 7.93. The smallest absolute Gasteiger partial charge is 0.335 e. The lowest BCUT2D eigenvalue weighted by atomic mass is 9.98. The predicted octanol–water partition coefficient (Wildman–Crippen LogP) is 4.23. The van der Waals surface area contributed by atoms with Crippen LogP contribution in [0.3, 0.4) is 0 Å². The molecule has 0 aliphatic rings. The minimum absolute atomic E-state index is 0.0939. The molecule has 0 aliphatic carbocycles. The number of hydrogen-bond donors (Lipinski definition) is 2. The van der Waals surface area contributed by atoms with Crippen molar-refractivity contribution in [2.75, 3.05) is 4.72 Å². The summed E-state index contributed by atoms with van der Waals surface area (Å²) in [6, 6.07) is 9.31. The second kappa shape index (κ2) is 7.13. The Labute approximate surface area is 161 Å². The van der Waals surface area contributed by atoms with E-state index in [2.05, 4.69) is 21.8 Å². The molecule has 0 amide bonds. The molecule has 6 nitrogen and oxygen atoms in total. The van der Waals surface area contributed by atoms with E-state index in [-0.39, 0.29) is 15.6 Å². The van der Waals surface area contributed by atoms with Gasteiger partial charge in [0.2, 0.25) is 0 Å². The van der Waals surface area contributed by atoms with E-state index in [9.17, 15) is 13.2 Å². The van der Waals surface area contributed by atoms with Crippen LogP contribution in [0, 0.1) is 20.8 Å². The van der Waals surface area contributed by atoms with Crippen LogP contribution in [0.5, 0.6) is 0 Å². The maximum atomic E-state index is 12.6. The molecule has 2 N–H and O–H groups in total. The normalized spacial score (nSPS) is 11.4. The van der Waals surface area contributed by atoms with E-state index in [0.717, 1.165) is 28.3 Å². The fourth-order valence-electron chi connectivity index (χ4n) is 2.99. The number of hydrogen-bond acceptors (Lipinski definition) is 5. The van der Waals surface area contributed by atoms with Crippen LogP contribution in [0.4, 0.5) is 5.13 Å². The summed E-state index contributed by atoms with van der Waals surface area (Å²) in [4.78, 5) is 15.3. The number of aromatic nitrogens is 1. The van der Waals surface area contributed by atoms with Crippen LogP contribution < -0.4 is 4.72 Å². The van der Waals surface area contributed by atoms with E-state index >= 15 is 0 Å². The van der Waals surface area contributed by atoms with Crippen LogP contribution in [0.1, 0.15) is 27.0 Å². The van der Waals surface area contributed by atoms with E-state index in [1.54, 1.807) is 5.38 Å². The van der Waals surface area contributed by atoms with Gasteiger partial charge in [0.25, 0.3) is 10.0 Å². The van der Waals surface area contributed by atoms with Crippen LogP contribution in [0.25, 0.3) is 11.3 Å². The molecule has 27 heavy (non-hydrogen) atoms. The van der Waals surface area contributed by atoms with Crippen LogP contribution in [0.15, 0.2) is 46.7 Å². The molecule has 0 unspecified atom stereocenters. The number of carbonyl (C=O) groups is 1. The van der Waals surface area contributed by atoms with Gasteiger partial charge in [-0.25, -0.2) is 18.2 Å². The molecule has 0 bridgehead atoms. The number of carboxylic acids is 1. The Morgan fingerprint density at radius 3 is 2.41 bits per heavy atom. The van der Waals surface area contributed by atoms with Gasteiger partial charge in [-0.2, -0.15) is 0 Å². The lowest BCUT2D eigenvalue weighted by Gasteiger charge is -2.09. The summed E-state index contributed by atoms with van der Waals surface area (Å²) in [6.07, 6.45) is 0. The number of thiazole rings is 1. The largest absolute Gasteiger partial charge is 0.478 e. The van der Waals surface area contributed by atoms with Crippen LogP contribution >= 0.6 is 11.3 Å². The Kier molecular flexibility index (Phi) is 5.03. The fraction of sp³-hybridized carbons (Fsp3) is 0.158. The van der Waals surface area contributed by atoms with E-state index < -0.39 is 16.0 Å². The highest BCUT2D eigenvalue weighted by Crippen LogP contribution is 2.31. The monoisotopic (exact) mass is 402 g/mol. The standard InChI is InChI=1S/C19H18N2O4S2/c1-11-7-12(2)17(13(3)8-11)16-10-26-19(20-16)21-27(24,25)15-6-4-5-14(9-15)18(22)23/h4-10H,1-3H3,(H,20,21)(H,22,23). The minimum Gasteiger partial charge on any atom is -0.478 e. The number of rotatable bonds is 5. The molecule has 1 heterocycles. The van der Waals surface area contributed by atoms with Crippen molar-refractivity contribution in [1.29, 1.82) is 0 Å². The van der Waals surface area contributed by atoms with Crippen molar-refractivity contribution >= 4 is 32.5 Å². The molecule has 3 aromatic rings. The molecule has 140 valence electrons. The average molecular weight is 402 g/mol. The van der Waals surface area contributed by atoms with Gasteiger partial charge in [0.1, 0.15) is 0 Å². The van der Waals surface area contributed by atoms with Crippen LogP contribution in [-0.2, 0) is 10.0 Å². The van der Waals surface area contributed by atoms with Gasteiger partial charge in [-0.1, -0.05) is 23.8 Å². The van der Waals surface area contributed by atoms with Gasteiger partial charge in [-0.3, -0.25) is 4.72 Å².